The normalized spacial score (nSPS) is 11.2. The molecule has 108 valence electrons. The van der Waals surface area contributed by atoms with Crippen LogP contribution in [0.1, 0.15) is 23.8 Å². The Morgan fingerprint density at radius 1 is 1.25 bits per heavy atom. The van der Waals surface area contributed by atoms with E-state index in [0.717, 1.165) is 42.5 Å². The van der Waals surface area contributed by atoms with Crippen LogP contribution in [0.15, 0.2) is 41.0 Å². The first-order valence-corrected chi connectivity index (χ1v) is 7.25. The third-order valence-electron chi connectivity index (χ3n) is 3.11. The van der Waals surface area contributed by atoms with Crippen LogP contribution in [0, 0.1) is 0 Å². The highest BCUT2D eigenvalue weighted by Gasteiger charge is 2.08. The highest BCUT2D eigenvalue weighted by atomic mass is 35.5. The summed E-state index contributed by atoms with van der Waals surface area (Å²) < 4.78 is 5.59. The SMILES string of the molecule is CCNCc1coc(CN(C)Cc2ccccc2Cl)c1. The minimum atomic E-state index is 0.775. The zero-order valence-corrected chi connectivity index (χ0v) is 12.8. The Kier molecular flexibility index (Phi) is 5.65. The van der Waals surface area contributed by atoms with Gasteiger partial charge < -0.3 is 9.73 Å². The first kappa shape index (κ1) is 15.1. The maximum atomic E-state index is 6.17. The van der Waals surface area contributed by atoms with Crippen LogP contribution in [0.3, 0.4) is 0 Å². The average molecular weight is 293 g/mol. The van der Waals surface area contributed by atoms with E-state index in [1.54, 1.807) is 0 Å². The van der Waals surface area contributed by atoms with Crippen LogP contribution in [-0.2, 0) is 19.6 Å². The minimum Gasteiger partial charge on any atom is -0.468 e. The topological polar surface area (TPSA) is 28.4 Å². The number of rotatable bonds is 7. The van der Waals surface area contributed by atoms with Crippen molar-refractivity contribution >= 4 is 11.6 Å². The zero-order valence-electron chi connectivity index (χ0n) is 12.0. The lowest BCUT2D eigenvalue weighted by Crippen LogP contribution is -2.17. The summed E-state index contributed by atoms with van der Waals surface area (Å²) in [6.45, 7) is 5.50. The van der Waals surface area contributed by atoms with Gasteiger partial charge in [-0.25, -0.2) is 0 Å². The van der Waals surface area contributed by atoms with Crippen molar-refractivity contribution in [3.05, 3.63) is 58.5 Å². The van der Waals surface area contributed by atoms with Gasteiger partial charge in [0.15, 0.2) is 0 Å². The molecule has 0 amide bonds. The molecule has 1 N–H and O–H groups in total. The highest BCUT2D eigenvalue weighted by molar-refractivity contribution is 6.31. The molecular formula is C16H21ClN2O. The van der Waals surface area contributed by atoms with Crippen molar-refractivity contribution < 1.29 is 4.42 Å². The van der Waals surface area contributed by atoms with E-state index in [9.17, 15) is 0 Å². The van der Waals surface area contributed by atoms with Gasteiger partial charge >= 0.3 is 0 Å². The fraction of sp³-hybridized carbons (Fsp3) is 0.375. The van der Waals surface area contributed by atoms with Crippen LogP contribution < -0.4 is 5.32 Å². The van der Waals surface area contributed by atoms with Crippen LogP contribution in [0.25, 0.3) is 0 Å². The van der Waals surface area contributed by atoms with Crippen molar-refractivity contribution in [2.45, 2.75) is 26.6 Å². The van der Waals surface area contributed by atoms with Crippen LogP contribution in [0.5, 0.6) is 0 Å². The van der Waals surface area contributed by atoms with Crippen molar-refractivity contribution in [1.29, 1.82) is 0 Å². The molecule has 1 aromatic carbocycles. The fourth-order valence-electron chi connectivity index (χ4n) is 2.11. The number of nitrogens with zero attached hydrogens (tertiary/aromatic N) is 1. The number of hydrogen-bond acceptors (Lipinski definition) is 3. The van der Waals surface area contributed by atoms with Gasteiger partial charge in [-0.15, -0.1) is 0 Å². The van der Waals surface area contributed by atoms with E-state index in [-0.39, 0.29) is 0 Å². The number of benzene rings is 1. The van der Waals surface area contributed by atoms with E-state index < -0.39 is 0 Å². The van der Waals surface area contributed by atoms with Gasteiger partial charge in [0.05, 0.1) is 12.8 Å². The molecule has 0 unspecified atom stereocenters. The van der Waals surface area contributed by atoms with Crippen LogP contribution in [0.4, 0.5) is 0 Å². The van der Waals surface area contributed by atoms with E-state index in [0.29, 0.717) is 0 Å². The standard InChI is InChI=1S/C16H21ClN2O/c1-3-18-9-13-8-15(20-12-13)11-19(2)10-14-6-4-5-7-16(14)17/h4-8,12,18H,3,9-11H2,1-2H3. The molecule has 3 nitrogen and oxygen atoms in total. The van der Waals surface area contributed by atoms with Gasteiger partial charge in [-0.05, 0) is 31.3 Å². The van der Waals surface area contributed by atoms with Gasteiger partial charge in [0.1, 0.15) is 5.76 Å². The Bertz CT molecular complexity index is 539. The molecule has 4 heteroatoms. The van der Waals surface area contributed by atoms with Crippen LogP contribution in [0.2, 0.25) is 5.02 Å². The van der Waals surface area contributed by atoms with Crippen molar-refractivity contribution in [3.8, 4) is 0 Å². The smallest absolute Gasteiger partial charge is 0.118 e. The second-order valence-corrected chi connectivity index (χ2v) is 5.37. The summed E-state index contributed by atoms with van der Waals surface area (Å²) in [5, 5.41) is 4.10. The summed E-state index contributed by atoms with van der Waals surface area (Å²) >= 11 is 6.17. The second kappa shape index (κ2) is 7.48. The zero-order chi connectivity index (χ0) is 14.4. The molecular weight excluding hydrogens is 272 g/mol. The third kappa shape index (κ3) is 4.37. The minimum absolute atomic E-state index is 0.775. The average Bonchev–Trinajstić information content (AvgIpc) is 2.86. The number of furan rings is 1. The lowest BCUT2D eigenvalue weighted by atomic mass is 10.2. The Balaban J connectivity index is 1.89. The van der Waals surface area contributed by atoms with Crippen molar-refractivity contribution in [3.63, 3.8) is 0 Å². The summed E-state index contributed by atoms with van der Waals surface area (Å²) in [5.41, 5.74) is 2.32. The lowest BCUT2D eigenvalue weighted by Gasteiger charge is -2.15. The summed E-state index contributed by atoms with van der Waals surface area (Å²) in [6, 6.07) is 10.0. The van der Waals surface area contributed by atoms with Crippen molar-refractivity contribution in [1.82, 2.24) is 10.2 Å². The summed E-state index contributed by atoms with van der Waals surface area (Å²) in [7, 11) is 2.07. The Morgan fingerprint density at radius 3 is 2.80 bits per heavy atom. The van der Waals surface area contributed by atoms with E-state index in [1.807, 2.05) is 24.5 Å². The van der Waals surface area contributed by atoms with Gasteiger partial charge in [-0.3, -0.25) is 4.90 Å². The second-order valence-electron chi connectivity index (χ2n) is 4.97. The molecule has 0 aliphatic carbocycles. The van der Waals surface area contributed by atoms with Crippen molar-refractivity contribution in [2.75, 3.05) is 13.6 Å². The summed E-state index contributed by atoms with van der Waals surface area (Å²) in [4.78, 5) is 2.19. The monoisotopic (exact) mass is 292 g/mol. The molecule has 1 heterocycles. The Morgan fingerprint density at radius 2 is 2.05 bits per heavy atom. The molecule has 0 bridgehead atoms. The molecule has 0 fully saturated rings. The number of hydrogen-bond donors (Lipinski definition) is 1. The van der Waals surface area contributed by atoms with Gasteiger partial charge in [0.2, 0.25) is 0 Å². The fourth-order valence-corrected chi connectivity index (χ4v) is 2.31. The molecule has 0 saturated heterocycles. The van der Waals surface area contributed by atoms with Crippen molar-refractivity contribution in [2.24, 2.45) is 0 Å². The summed E-state index contributed by atoms with van der Waals surface area (Å²) in [5.74, 6) is 0.979. The van der Waals surface area contributed by atoms with Gasteiger partial charge in [-0.1, -0.05) is 36.7 Å². The van der Waals surface area contributed by atoms with E-state index >= 15 is 0 Å². The molecule has 0 atom stereocenters. The van der Waals surface area contributed by atoms with E-state index in [2.05, 4.69) is 36.3 Å². The van der Waals surface area contributed by atoms with E-state index in [1.165, 1.54) is 5.56 Å². The van der Waals surface area contributed by atoms with Crippen LogP contribution >= 0.6 is 11.6 Å². The largest absolute Gasteiger partial charge is 0.468 e. The molecule has 0 aliphatic heterocycles. The molecule has 0 spiro atoms. The Labute approximate surface area is 125 Å². The third-order valence-corrected chi connectivity index (χ3v) is 3.48. The Hall–Kier alpha value is -1.29. The predicted molar refractivity (Wildman–Crippen MR) is 82.7 cm³/mol. The molecule has 0 saturated carbocycles. The molecule has 1 aromatic heterocycles. The molecule has 0 radical (unpaired) electrons. The van der Waals surface area contributed by atoms with E-state index in [4.69, 9.17) is 16.0 Å². The lowest BCUT2D eigenvalue weighted by molar-refractivity contribution is 0.288. The highest BCUT2D eigenvalue weighted by Crippen LogP contribution is 2.18. The number of halogens is 1. The first-order chi connectivity index (χ1) is 9.69. The van der Waals surface area contributed by atoms with Gasteiger partial charge in [0.25, 0.3) is 0 Å². The van der Waals surface area contributed by atoms with Gasteiger partial charge in [0, 0.05) is 23.7 Å². The first-order valence-electron chi connectivity index (χ1n) is 6.88. The van der Waals surface area contributed by atoms with Crippen LogP contribution in [-0.4, -0.2) is 18.5 Å². The summed E-state index contributed by atoms with van der Waals surface area (Å²) in [6.07, 6.45) is 1.82. The van der Waals surface area contributed by atoms with Gasteiger partial charge in [-0.2, -0.15) is 0 Å². The predicted octanol–water partition coefficient (Wildman–Crippen LogP) is 3.67. The maximum absolute atomic E-state index is 6.17. The molecule has 0 aliphatic rings. The molecule has 2 aromatic rings. The maximum Gasteiger partial charge on any atom is 0.118 e. The number of nitrogens with one attached hydrogen (secondary N) is 1. The molecule has 2 rings (SSSR count). The quantitative estimate of drug-likeness (QED) is 0.844. The molecule has 20 heavy (non-hydrogen) atoms.